The highest BCUT2D eigenvalue weighted by Crippen LogP contribution is 1.91. The van der Waals surface area contributed by atoms with E-state index in [0.717, 1.165) is 0 Å². The van der Waals surface area contributed by atoms with Gasteiger partial charge in [-0.1, -0.05) is 5.92 Å². The molecule has 0 aromatic rings. The largest absolute Gasteiger partial charge is 0.480 e. The van der Waals surface area contributed by atoms with Gasteiger partial charge in [-0.25, -0.2) is 0 Å². The minimum absolute atomic E-state index is 0.338. The van der Waals surface area contributed by atoms with Crippen molar-refractivity contribution in [3.63, 3.8) is 0 Å². The molecule has 0 fully saturated rings. The number of carboxylic acids is 1. The second-order valence-corrected chi connectivity index (χ2v) is 2.77. The van der Waals surface area contributed by atoms with Gasteiger partial charge in [0, 0.05) is 11.8 Å². The number of allylic oxidation sites excluding steroid dienone is 2. The van der Waals surface area contributed by atoms with Crippen molar-refractivity contribution in [3.8, 4) is 11.8 Å². The summed E-state index contributed by atoms with van der Waals surface area (Å²) in [5, 5.41) is 11.2. The van der Waals surface area contributed by atoms with E-state index in [1.165, 1.54) is 13.0 Å². The van der Waals surface area contributed by atoms with Crippen molar-refractivity contribution in [3.05, 3.63) is 11.8 Å². The van der Waals surface area contributed by atoms with E-state index in [-0.39, 0.29) is 5.78 Å². The average molecular weight is 195 g/mol. The van der Waals surface area contributed by atoms with Crippen LogP contribution in [0.1, 0.15) is 20.8 Å². The van der Waals surface area contributed by atoms with Gasteiger partial charge in [0.1, 0.15) is 6.04 Å². The number of carboxylic acid groups (broad SMARTS) is 1. The van der Waals surface area contributed by atoms with Crippen molar-refractivity contribution < 1.29 is 14.7 Å². The first-order valence-corrected chi connectivity index (χ1v) is 4.11. The quantitative estimate of drug-likeness (QED) is 0.390. The zero-order valence-electron chi connectivity index (χ0n) is 8.42. The van der Waals surface area contributed by atoms with Gasteiger partial charge in [-0.15, -0.1) is 0 Å². The van der Waals surface area contributed by atoms with E-state index in [1.54, 1.807) is 13.8 Å². The van der Waals surface area contributed by atoms with Gasteiger partial charge in [-0.05, 0) is 26.7 Å². The third-order valence-corrected chi connectivity index (χ3v) is 1.41. The van der Waals surface area contributed by atoms with Crippen LogP contribution in [0.3, 0.4) is 0 Å². The first-order chi connectivity index (χ1) is 6.47. The Balaban J connectivity index is 4.31. The molecule has 4 nitrogen and oxygen atoms in total. The molecule has 0 spiro atoms. The number of carbonyl (C=O) groups is 2. The fraction of sp³-hybridized carbons (Fsp3) is 0.400. The van der Waals surface area contributed by atoms with Crippen LogP contribution in [0.15, 0.2) is 11.8 Å². The molecule has 0 bridgehead atoms. The molecule has 0 rings (SSSR count). The Hall–Kier alpha value is -1.76. The van der Waals surface area contributed by atoms with E-state index in [0.29, 0.717) is 5.70 Å². The maximum Gasteiger partial charge on any atom is 0.325 e. The minimum atomic E-state index is -0.966. The van der Waals surface area contributed by atoms with E-state index in [9.17, 15) is 9.59 Å². The summed E-state index contributed by atoms with van der Waals surface area (Å²) in [5.74, 6) is 3.48. The molecule has 0 aliphatic rings. The predicted octanol–water partition coefficient (Wildman–Crippen LogP) is 0.545. The molecule has 4 heteroatoms. The molecule has 0 amide bonds. The zero-order chi connectivity index (χ0) is 11.1. The van der Waals surface area contributed by atoms with Gasteiger partial charge < -0.3 is 10.4 Å². The van der Waals surface area contributed by atoms with E-state index >= 15 is 0 Å². The van der Waals surface area contributed by atoms with Gasteiger partial charge in [0.2, 0.25) is 5.78 Å². The summed E-state index contributed by atoms with van der Waals surface area (Å²) in [4.78, 5) is 21.4. The van der Waals surface area contributed by atoms with E-state index in [4.69, 9.17) is 5.11 Å². The molecule has 0 saturated carbocycles. The zero-order valence-corrected chi connectivity index (χ0v) is 8.42. The number of carbonyl (C=O) groups excluding carboxylic acids is 1. The van der Waals surface area contributed by atoms with Gasteiger partial charge in [-0.3, -0.25) is 9.59 Å². The van der Waals surface area contributed by atoms with Crippen LogP contribution < -0.4 is 5.32 Å². The van der Waals surface area contributed by atoms with Crippen LogP contribution in [-0.2, 0) is 9.59 Å². The minimum Gasteiger partial charge on any atom is -0.480 e. The summed E-state index contributed by atoms with van der Waals surface area (Å²) >= 11 is 0. The highest BCUT2D eigenvalue weighted by Gasteiger charge is 2.09. The van der Waals surface area contributed by atoms with Crippen LogP contribution in [0, 0.1) is 11.8 Å². The number of hydrogen-bond donors (Lipinski definition) is 2. The summed E-state index contributed by atoms with van der Waals surface area (Å²) in [6.07, 6.45) is 1.27. The molecule has 0 aromatic carbocycles. The molecule has 14 heavy (non-hydrogen) atoms. The second kappa shape index (κ2) is 5.81. The van der Waals surface area contributed by atoms with Crippen LogP contribution in [0.4, 0.5) is 0 Å². The van der Waals surface area contributed by atoms with Gasteiger partial charge in [0.25, 0.3) is 0 Å². The van der Waals surface area contributed by atoms with E-state index in [2.05, 4.69) is 17.2 Å². The Morgan fingerprint density at radius 1 is 1.50 bits per heavy atom. The number of nitrogens with one attached hydrogen (secondary N) is 1. The highest BCUT2D eigenvalue weighted by molar-refractivity contribution is 6.04. The topological polar surface area (TPSA) is 66.4 Å². The molecule has 0 radical (unpaired) electrons. The fourth-order valence-electron chi connectivity index (χ4n) is 0.801. The van der Waals surface area contributed by atoms with Crippen LogP contribution in [0.25, 0.3) is 0 Å². The van der Waals surface area contributed by atoms with E-state index in [1.807, 2.05) is 0 Å². The summed E-state index contributed by atoms with van der Waals surface area (Å²) in [6, 6.07) is -0.714. The number of aliphatic carboxylic acids is 1. The maximum absolute atomic E-state index is 11.0. The third kappa shape index (κ3) is 4.99. The number of hydrogen-bond acceptors (Lipinski definition) is 3. The molecule has 1 atom stereocenters. The molecule has 0 aliphatic carbocycles. The first kappa shape index (κ1) is 12.2. The Kier molecular flexibility index (Phi) is 5.08. The lowest BCUT2D eigenvalue weighted by Crippen LogP contribution is -2.32. The first-order valence-electron chi connectivity index (χ1n) is 4.11. The van der Waals surface area contributed by atoms with Crippen molar-refractivity contribution >= 4 is 11.8 Å². The molecular weight excluding hydrogens is 182 g/mol. The van der Waals surface area contributed by atoms with Gasteiger partial charge >= 0.3 is 5.97 Å². The Bertz CT molecular complexity index is 320. The molecule has 0 saturated heterocycles. The summed E-state index contributed by atoms with van der Waals surface area (Å²) < 4.78 is 0. The number of rotatable bonds is 4. The summed E-state index contributed by atoms with van der Waals surface area (Å²) in [6.45, 7) is 4.68. The second-order valence-electron chi connectivity index (χ2n) is 2.77. The average Bonchev–Trinajstić information content (AvgIpc) is 2.03. The number of ketones is 1. The molecular formula is C10H13NO3. The van der Waals surface area contributed by atoms with Crippen molar-refractivity contribution in [2.75, 3.05) is 0 Å². The van der Waals surface area contributed by atoms with Crippen molar-refractivity contribution in [1.29, 1.82) is 0 Å². The molecule has 0 heterocycles. The molecule has 0 aromatic heterocycles. The SMILES string of the molecule is CC#CC(=O)/C=C(\C)NC(C)C(=O)O. The molecule has 2 N–H and O–H groups in total. The van der Waals surface area contributed by atoms with Crippen molar-refractivity contribution in [2.45, 2.75) is 26.8 Å². The van der Waals surface area contributed by atoms with Crippen LogP contribution in [0.2, 0.25) is 0 Å². The summed E-state index contributed by atoms with van der Waals surface area (Å²) in [5.41, 5.74) is 0.493. The predicted molar refractivity (Wildman–Crippen MR) is 52.4 cm³/mol. The van der Waals surface area contributed by atoms with Crippen molar-refractivity contribution in [1.82, 2.24) is 5.32 Å². The Labute approximate surface area is 83.0 Å². The normalized spacial score (nSPS) is 12.4. The lowest BCUT2D eigenvalue weighted by Gasteiger charge is -2.09. The molecule has 0 aliphatic heterocycles. The maximum atomic E-state index is 11.0. The smallest absolute Gasteiger partial charge is 0.325 e. The lowest BCUT2D eigenvalue weighted by atomic mass is 10.3. The Morgan fingerprint density at radius 2 is 2.07 bits per heavy atom. The summed E-state index contributed by atoms with van der Waals surface area (Å²) in [7, 11) is 0. The van der Waals surface area contributed by atoms with Crippen molar-refractivity contribution in [2.24, 2.45) is 0 Å². The van der Waals surface area contributed by atoms with Gasteiger partial charge in [0.15, 0.2) is 0 Å². The molecule has 1 unspecified atom stereocenters. The van der Waals surface area contributed by atoms with Gasteiger partial charge in [-0.2, -0.15) is 0 Å². The van der Waals surface area contributed by atoms with E-state index < -0.39 is 12.0 Å². The van der Waals surface area contributed by atoms with Crippen LogP contribution >= 0.6 is 0 Å². The standard InChI is InChI=1S/C10H13NO3/c1-4-5-9(12)6-7(2)11-8(3)10(13)14/h6,8,11H,1-3H3,(H,13,14)/b7-6+. The molecule has 76 valence electrons. The monoisotopic (exact) mass is 195 g/mol. The van der Waals surface area contributed by atoms with Gasteiger partial charge in [0.05, 0.1) is 0 Å². The lowest BCUT2D eigenvalue weighted by molar-refractivity contribution is -0.138. The highest BCUT2D eigenvalue weighted by atomic mass is 16.4. The Morgan fingerprint density at radius 3 is 2.50 bits per heavy atom. The third-order valence-electron chi connectivity index (χ3n) is 1.41. The fourth-order valence-corrected chi connectivity index (χ4v) is 0.801. The van der Waals surface area contributed by atoms with Crippen LogP contribution in [0.5, 0.6) is 0 Å². The van der Waals surface area contributed by atoms with Crippen LogP contribution in [-0.4, -0.2) is 22.9 Å².